The Kier molecular flexibility index (Phi) is 4.29. The Morgan fingerprint density at radius 1 is 1.11 bits per heavy atom. The van der Waals surface area contributed by atoms with Gasteiger partial charge in [0.15, 0.2) is 5.69 Å². The van der Waals surface area contributed by atoms with Crippen LogP contribution >= 0.6 is 15.9 Å². The average molecular weight is 441 g/mol. The molecule has 0 fully saturated rings. The van der Waals surface area contributed by atoms with E-state index in [1.165, 1.54) is 6.07 Å². The van der Waals surface area contributed by atoms with Gasteiger partial charge in [0.05, 0.1) is 25.2 Å². The average Bonchev–Trinajstić information content (AvgIpc) is 3.35. The molecule has 8 heteroatoms. The van der Waals surface area contributed by atoms with Crippen LogP contribution < -0.4 is 0 Å². The normalized spacial score (nSPS) is 16.1. The van der Waals surface area contributed by atoms with Gasteiger partial charge in [-0.25, -0.2) is 9.37 Å². The highest BCUT2D eigenvalue weighted by Gasteiger charge is 2.27. The molecule has 1 aliphatic rings. The van der Waals surface area contributed by atoms with Crippen molar-refractivity contribution >= 4 is 15.9 Å². The van der Waals surface area contributed by atoms with Crippen LogP contribution in [0.1, 0.15) is 17.4 Å². The molecule has 28 heavy (non-hydrogen) atoms. The third-order valence-electron chi connectivity index (χ3n) is 4.71. The van der Waals surface area contributed by atoms with Gasteiger partial charge in [0, 0.05) is 15.6 Å². The van der Waals surface area contributed by atoms with Crippen molar-refractivity contribution in [2.75, 3.05) is 0 Å². The quantitative estimate of drug-likeness (QED) is 0.458. The van der Waals surface area contributed by atoms with E-state index in [0.717, 1.165) is 15.7 Å². The zero-order chi connectivity index (χ0) is 19.1. The molecule has 5 rings (SSSR count). The second-order valence-corrected chi connectivity index (χ2v) is 7.36. The van der Waals surface area contributed by atoms with E-state index in [9.17, 15) is 4.39 Å². The van der Waals surface area contributed by atoms with E-state index in [2.05, 4.69) is 31.1 Å². The zero-order valence-corrected chi connectivity index (χ0v) is 16.1. The number of nitrogens with zero attached hydrogens (tertiary/aromatic N) is 4. The Labute approximate surface area is 168 Å². The van der Waals surface area contributed by atoms with Crippen LogP contribution in [0.4, 0.5) is 4.39 Å². The summed E-state index contributed by atoms with van der Waals surface area (Å²) in [6.45, 7) is 0.751. The summed E-state index contributed by atoms with van der Waals surface area (Å²) in [6.07, 6.45) is 1.33. The SMILES string of the molecule is Fc1ccccc1[C@@H]1Cn2cnc(-c3nc(-c4ccc(Br)cc4)no3)c2CO1. The van der Waals surface area contributed by atoms with Gasteiger partial charge in [0.2, 0.25) is 5.82 Å². The van der Waals surface area contributed by atoms with Crippen molar-refractivity contribution in [3.8, 4) is 23.0 Å². The van der Waals surface area contributed by atoms with Gasteiger partial charge in [-0.2, -0.15) is 4.98 Å². The van der Waals surface area contributed by atoms with Gasteiger partial charge < -0.3 is 13.8 Å². The molecule has 0 amide bonds. The number of aromatic nitrogens is 4. The standard InChI is InChI=1S/C20H14BrFN4O2/c21-13-7-5-12(6-8-13)19-24-20(28-25-19)18-16-10-27-17(9-26(16)11-23-18)14-3-1-2-4-15(14)22/h1-8,11,17H,9-10H2/t17-/m0/s1. The summed E-state index contributed by atoms with van der Waals surface area (Å²) >= 11 is 3.41. The lowest BCUT2D eigenvalue weighted by atomic mass is 10.1. The largest absolute Gasteiger partial charge is 0.365 e. The predicted molar refractivity (Wildman–Crippen MR) is 103 cm³/mol. The number of rotatable bonds is 3. The molecule has 0 N–H and O–H groups in total. The molecule has 1 atom stereocenters. The molecule has 0 saturated heterocycles. The minimum absolute atomic E-state index is 0.271. The van der Waals surface area contributed by atoms with Crippen molar-refractivity contribution in [2.24, 2.45) is 0 Å². The number of ether oxygens (including phenoxy) is 1. The van der Waals surface area contributed by atoms with E-state index < -0.39 is 0 Å². The number of hydrogen-bond donors (Lipinski definition) is 0. The lowest BCUT2D eigenvalue weighted by Crippen LogP contribution is -2.21. The van der Waals surface area contributed by atoms with E-state index in [4.69, 9.17) is 9.26 Å². The molecule has 2 aromatic heterocycles. The Morgan fingerprint density at radius 3 is 2.75 bits per heavy atom. The van der Waals surface area contributed by atoms with Gasteiger partial charge in [0.25, 0.3) is 5.89 Å². The fourth-order valence-electron chi connectivity index (χ4n) is 3.27. The summed E-state index contributed by atoms with van der Waals surface area (Å²) in [5, 5.41) is 4.05. The third-order valence-corrected chi connectivity index (χ3v) is 5.24. The summed E-state index contributed by atoms with van der Waals surface area (Å²) in [4.78, 5) is 8.89. The van der Waals surface area contributed by atoms with Crippen molar-refractivity contribution in [1.82, 2.24) is 19.7 Å². The monoisotopic (exact) mass is 440 g/mol. The van der Waals surface area contributed by atoms with Crippen molar-refractivity contribution in [3.63, 3.8) is 0 Å². The topological polar surface area (TPSA) is 66.0 Å². The van der Waals surface area contributed by atoms with Gasteiger partial charge in [-0.05, 0) is 30.3 Å². The minimum atomic E-state index is -0.364. The molecule has 0 aliphatic carbocycles. The van der Waals surface area contributed by atoms with Gasteiger partial charge >= 0.3 is 0 Å². The molecule has 4 aromatic rings. The van der Waals surface area contributed by atoms with E-state index >= 15 is 0 Å². The molecule has 1 aliphatic heterocycles. The summed E-state index contributed by atoms with van der Waals surface area (Å²) < 4.78 is 28.3. The van der Waals surface area contributed by atoms with Crippen molar-refractivity contribution in [3.05, 3.63) is 76.4 Å². The number of imidazole rings is 1. The molecule has 0 radical (unpaired) electrons. The highest BCUT2D eigenvalue weighted by molar-refractivity contribution is 9.10. The van der Waals surface area contributed by atoms with E-state index in [0.29, 0.717) is 29.5 Å². The molecule has 0 unspecified atom stereocenters. The molecule has 0 bridgehead atoms. The van der Waals surface area contributed by atoms with Crippen molar-refractivity contribution in [1.29, 1.82) is 0 Å². The highest BCUT2D eigenvalue weighted by atomic mass is 79.9. The Bertz CT molecular complexity index is 1140. The van der Waals surface area contributed by atoms with E-state index in [1.807, 2.05) is 28.8 Å². The molecule has 0 spiro atoms. The second-order valence-electron chi connectivity index (χ2n) is 6.44. The smallest absolute Gasteiger partial charge is 0.278 e. The molecular weight excluding hydrogens is 427 g/mol. The van der Waals surface area contributed by atoms with Crippen LogP contribution in [0, 0.1) is 5.82 Å². The second kappa shape index (κ2) is 6.96. The van der Waals surface area contributed by atoms with Crippen molar-refractivity contribution < 1.29 is 13.7 Å². The maximum atomic E-state index is 14.1. The molecule has 2 aromatic carbocycles. The van der Waals surface area contributed by atoms with Crippen LogP contribution in [0.3, 0.4) is 0 Å². The van der Waals surface area contributed by atoms with Crippen LogP contribution in [-0.4, -0.2) is 19.7 Å². The minimum Gasteiger partial charge on any atom is -0.365 e. The zero-order valence-electron chi connectivity index (χ0n) is 14.5. The van der Waals surface area contributed by atoms with E-state index in [-0.39, 0.29) is 18.5 Å². The molecule has 3 heterocycles. The number of halogens is 2. The highest BCUT2D eigenvalue weighted by Crippen LogP contribution is 2.32. The molecule has 140 valence electrons. The number of fused-ring (bicyclic) bond motifs is 1. The fourth-order valence-corrected chi connectivity index (χ4v) is 3.53. The van der Waals surface area contributed by atoms with Crippen LogP contribution in [-0.2, 0) is 17.9 Å². The fraction of sp³-hybridized carbons (Fsp3) is 0.150. The first-order chi connectivity index (χ1) is 13.7. The van der Waals surface area contributed by atoms with Gasteiger partial charge in [-0.3, -0.25) is 0 Å². The van der Waals surface area contributed by atoms with Crippen LogP contribution in [0.15, 0.2) is 63.9 Å². The van der Waals surface area contributed by atoms with Crippen LogP contribution in [0.5, 0.6) is 0 Å². The van der Waals surface area contributed by atoms with Crippen LogP contribution in [0.2, 0.25) is 0 Å². The van der Waals surface area contributed by atoms with E-state index in [1.54, 1.807) is 24.5 Å². The summed E-state index contributed by atoms with van der Waals surface area (Å²) in [7, 11) is 0. The van der Waals surface area contributed by atoms with Crippen molar-refractivity contribution in [2.45, 2.75) is 19.3 Å². The lowest BCUT2D eigenvalue weighted by Gasteiger charge is -2.25. The first-order valence-corrected chi connectivity index (χ1v) is 9.48. The van der Waals surface area contributed by atoms with Crippen LogP contribution in [0.25, 0.3) is 23.0 Å². The summed E-state index contributed by atoms with van der Waals surface area (Å²) in [5.41, 5.74) is 2.81. The maximum absolute atomic E-state index is 14.1. The first-order valence-electron chi connectivity index (χ1n) is 8.69. The Morgan fingerprint density at radius 2 is 1.93 bits per heavy atom. The third kappa shape index (κ3) is 3.04. The summed E-state index contributed by atoms with van der Waals surface area (Å²) in [5.74, 6) is 0.553. The number of benzene rings is 2. The van der Waals surface area contributed by atoms with Gasteiger partial charge in [-0.1, -0.05) is 39.3 Å². The first kappa shape index (κ1) is 17.3. The number of hydrogen-bond acceptors (Lipinski definition) is 5. The van der Waals surface area contributed by atoms with Gasteiger partial charge in [0.1, 0.15) is 11.9 Å². The Hall–Kier alpha value is -2.84. The van der Waals surface area contributed by atoms with Gasteiger partial charge in [-0.15, -0.1) is 0 Å². The molecule has 6 nitrogen and oxygen atoms in total. The maximum Gasteiger partial charge on any atom is 0.278 e. The molecular formula is C20H14BrFN4O2. The summed E-state index contributed by atoms with van der Waals surface area (Å²) in [6, 6.07) is 14.3. The predicted octanol–water partition coefficient (Wildman–Crippen LogP) is 4.77. The Balaban J connectivity index is 1.43. The molecule has 0 saturated carbocycles. The lowest BCUT2D eigenvalue weighted by molar-refractivity contribution is 0.00126.